The van der Waals surface area contributed by atoms with Crippen molar-refractivity contribution in [3.05, 3.63) is 52.1 Å². The summed E-state index contributed by atoms with van der Waals surface area (Å²) in [6, 6.07) is 3.45. The number of hydrogen-bond donors (Lipinski definition) is 0. The van der Waals surface area contributed by atoms with Gasteiger partial charge in [0.25, 0.3) is 6.43 Å². The Labute approximate surface area is 171 Å². The molecule has 148 valence electrons. The molecule has 0 N–H and O–H groups in total. The average Bonchev–Trinajstić information content (AvgIpc) is 3.07. The summed E-state index contributed by atoms with van der Waals surface area (Å²) in [6.45, 7) is 5.08. The molecule has 0 aliphatic carbocycles. The average molecular weight is 449 g/mol. The van der Waals surface area contributed by atoms with E-state index in [9.17, 15) is 8.78 Å². The molecule has 0 radical (unpaired) electrons. The van der Waals surface area contributed by atoms with Crippen LogP contribution in [0.25, 0.3) is 5.52 Å². The Morgan fingerprint density at radius 2 is 2.00 bits per heavy atom. The SMILES string of the molecule is CCC(CC)c1nc(N2CCCc3cc(Br)c(C(F)F)cc32)c2cnccn12. The maximum atomic E-state index is 13.5. The number of aromatic nitrogens is 3. The van der Waals surface area contributed by atoms with Crippen LogP contribution in [-0.2, 0) is 6.42 Å². The summed E-state index contributed by atoms with van der Waals surface area (Å²) < 4.78 is 29.6. The molecular formula is C21H23BrF2N4. The number of imidazole rings is 1. The summed E-state index contributed by atoms with van der Waals surface area (Å²) in [5.41, 5.74) is 2.83. The lowest BCUT2D eigenvalue weighted by molar-refractivity contribution is 0.150. The molecule has 4 rings (SSSR count). The Balaban J connectivity index is 1.90. The van der Waals surface area contributed by atoms with Crippen LogP contribution in [0.1, 0.15) is 62.4 Å². The zero-order valence-corrected chi connectivity index (χ0v) is 17.6. The number of anilines is 2. The van der Waals surface area contributed by atoms with Gasteiger partial charge in [-0.25, -0.2) is 13.8 Å². The lowest BCUT2D eigenvalue weighted by atomic mass is 9.99. The summed E-state index contributed by atoms with van der Waals surface area (Å²) >= 11 is 3.31. The lowest BCUT2D eigenvalue weighted by Gasteiger charge is -2.30. The molecule has 7 heteroatoms. The van der Waals surface area contributed by atoms with Crippen molar-refractivity contribution in [1.82, 2.24) is 14.4 Å². The molecule has 0 saturated carbocycles. The Morgan fingerprint density at radius 1 is 1.21 bits per heavy atom. The van der Waals surface area contributed by atoms with Crippen LogP contribution in [-0.4, -0.2) is 20.9 Å². The predicted molar refractivity (Wildman–Crippen MR) is 111 cm³/mol. The molecular weight excluding hydrogens is 426 g/mol. The van der Waals surface area contributed by atoms with Gasteiger partial charge in [-0.1, -0.05) is 29.8 Å². The van der Waals surface area contributed by atoms with E-state index in [0.29, 0.717) is 10.4 Å². The van der Waals surface area contributed by atoms with Gasteiger partial charge in [0.05, 0.1) is 6.20 Å². The minimum Gasteiger partial charge on any atom is -0.324 e. The first-order chi connectivity index (χ1) is 13.5. The van der Waals surface area contributed by atoms with Gasteiger partial charge in [0.1, 0.15) is 11.3 Å². The molecule has 1 aliphatic heterocycles. The van der Waals surface area contributed by atoms with Gasteiger partial charge >= 0.3 is 0 Å². The zero-order valence-electron chi connectivity index (χ0n) is 16.0. The van der Waals surface area contributed by atoms with Crippen LogP contribution < -0.4 is 4.90 Å². The molecule has 0 bridgehead atoms. The Kier molecular flexibility index (Phi) is 5.36. The van der Waals surface area contributed by atoms with Crippen LogP contribution in [0.3, 0.4) is 0 Å². The van der Waals surface area contributed by atoms with Crippen LogP contribution in [0.4, 0.5) is 20.3 Å². The largest absolute Gasteiger partial charge is 0.324 e. The van der Waals surface area contributed by atoms with Crippen molar-refractivity contribution >= 4 is 33.0 Å². The maximum Gasteiger partial charge on any atom is 0.265 e. The molecule has 3 aromatic rings. The predicted octanol–water partition coefficient (Wildman–Crippen LogP) is 6.42. The molecule has 0 amide bonds. The summed E-state index contributed by atoms with van der Waals surface area (Å²) in [4.78, 5) is 11.4. The van der Waals surface area contributed by atoms with Crippen molar-refractivity contribution in [2.24, 2.45) is 0 Å². The number of halogens is 3. The van der Waals surface area contributed by atoms with Gasteiger partial charge in [0, 0.05) is 40.6 Å². The van der Waals surface area contributed by atoms with E-state index in [1.165, 1.54) is 0 Å². The monoisotopic (exact) mass is 448 g/mol. The van der Waals surface area contributed by atoms with Crippen molar-refractivity contribution in [1.29, 1.82) is 0 Å². The number of rotatable bonds is 5. The first kappa shape index (κ1) is 19.3. The van der Waals surface area contributed by atoms with E-state index in [1.54, 1.807) is 12.3 Å². The van der Waals surface area contributed by atoms with Crippen LogP contribution >= 0.6 is 15.9 Å². The second-order valence-electron chi connectivity index (χ2n) is 7.20. The van der Waals surface area contributed by atoms with Crippen molar-refractivity contribution < 1.29 is 8.78 Å². The van der Waals surface area contributed by atoms with Crippen molar-refractivity contribution in [3.63, 3.8) is 0 Å². The minimum atomic E-state index is -2.52. The van der Waals surface area contributed by atoms with E-state index < -0.39 is 6.43 Å². The summed E-state index contributed by atoms with van der Waals surface area (Å²) in [6.07, 6.45) is 6.81. The van der Waals surface area contributed by atoms with E-state index in [-0.39, 0.29) is 5.56 Å². The molecule has 1 aromatic carbocycles. The summed E-state index contributed by atoms with van der Waals surface area (Å²) in [7, 11) is 0. The fourth-order valence-electron chi connectivity index (χ4n) is 4.09. The third kappa shape index (κ3) is 3.19. The molecule has 2 aromatic heterocycles. The van der Waals surface area contributed by atoms with Gasteiger partial charge in [-0.15, -0.1) is 0 Å². The quantitative estimate of drug-likeness (QED) is 0.451. The van der Waals surface area contributed by atoms with Crippen molar-refractivity contribution in [2.45, 2.75) is 51.9 Å². The molecule has 4 nitrogen and oxygen atoms in total. The van der Waals surface area contributed by atoms with Crippen LogP contribution in [0.2, 0.25) is 0 Å². The standard InChI is InChI=1S/C21H23BrF2N4/c1-3-13(4-2)20-26-21(18-12-25-7-9-28(18)20)27-8-5-6-14-10-16(22)15(19(23)24)11-17(14)27/h7,9-13,19H,3-6,8H2,1-2H3. The molecule has 1 aliphatic rings. The van der Waals surface area contributed by atoms with Gasteiger partial charge in [-0.2, -0.15) is 0 Å². The summed E-state index contributed by atoms with van der Waals surface area (Å²) in [5, 5.41) is 0. The lowest BCUT2D eigenvalue weighted by Crippen LogP contribution is -2.25. The molecule has 0 atom stereocenters. The number of nitrogens with zero attached hydrogens (tertiary/aromatic N) is 4. The van der Waals surface area contributed by atoms with Gasteiger partial charge in [-0.3, -0.25) is 9.38 Å². The molecule has 3 heterocycles. The van der Waals surface area contributed by atoms with Gasteiger partial charge in [0.2, 0.25) is 0 Å². The topological polar surface area (TPSA) is 33.4 Å². The van der Waals surface area contributed by atoms with E-state index in [4.69, 9.17) is 4.98 Å². The first-order valence-corrected chi connectivity index (χ1v) is 10.5. The Morgan fingerprint density at radius 3 is 2.71 bits per heavy atom. The normalized spacial score (nSPS) is 14.3. The molecule has 28 heavy (non-hydrogen) atoms. The molecule has 0 saturated heterocycles. The van der Waals surface area contributed by atoms with Gasteiger partial charge < -0.3 is 4.90 Å². The number of benzene rings is 1. The summed E-state index contributed by atoms with van der Waals surface area (Å²) in [5.74, 6) is 2.16. The maximum absolute atomic E-state index is 13.5. The fraction of sp³-hybridized carbons (Fsp3) is 0.429. The molecule has 0 unspecified atom stereocenters. The van der Waals surface area contributed by atoms with E-state index in [0.717, 1.165) is 60.6 Å². The molecule has 0 spiro atoms. The minimum absolute atomic E-state index is 0.0208. The highest BCUT2D eigenvalue weighted by atomic mass is 79.9. The second-order valence-corrected chi connectivity index (χ2v) is 8.05. The van der Waals surface area contributed by atoms with Crippen molar-refractivity contribution in [3.8, 4) is 0 Å². The Bertz CT molecular complexity index is 997. The zero-order chi connectivity index (χ0) is 19.8. The smallest absolute Gasteiger partial charge is 0.265 e. The van der Waals surface area contributed by atoms with Gasteiger partial charge in [0.15, 0.2) is 5.82 Å². The first-order valence-electron chi connectivity index (χ1n) is 9.75. The van der Waals surface area contributed by atoms with Crippen LogP contribution in [0, 0.1) is 0 Å². The van der Waals surface area contributed by atoms with Gasteiger partial charge in [-0.05, 0) is 43.4 Å². The third-order valence-electron chi connectivity index (χ3n) is 5.61. The number of hydrogen-bond acceptors (Lipinski definition) is 3. The molecule has 0 fully saturated rings. The number of fused-ring (bicyclic) bond motifs is 2. The van der Waals surface area contributed by atoms with E-state index in [1.807, 2.05) is 18.5 Å². The Hall–Kier alpha value is -2.02. The van der Waals surface area contributed by atoms with Crippen LogP contribution in [0.15, 0.2) is 35.2 Å². The van der Waals surface area contributed by atoms with Crippen molar-refractivity contribution in [2.75, 3.05) is 11.4 Å². The number of aryl methyl sites for hydroxylation is 1. The highest BCUT2D eigenvalue weighted by molar-refractivity contribution is 9.10. The second kappa shape index (κ2) is 7.78. The van der Waals surface area contributed by atoms with E-state index >= 15 is 0 Å². The fourth-order valence-corrected chi connectivity index (χ4v) is 4.66. The van der Waals surface area contributed by atoms with Crippen LogP contribution in [0.5, 0.6) is 0 Å². The number of alkyl halides is 2. The highest BCUT2D eigenvalue weighted by Gasteiger charge is 2.27. The highest BCUT2D eigenvalue weighted by Crippen LogP contribution is 2.41. The van der Waals surface area contributed by atoms with E-state index in [2.05, 4.69) is 44.1 Å². The third-order valence-corrected chi connectivity index (χ3v) is 6.30.